The number of halogens is 1. The van der Waals surface area contributed by atoms with Gasteiger partial charge in [-0.15, -0.1) is 0 Å². The van der Waals surface area contributed by atoms with Gasteiger partial charge in [0.05, 0.1) is 0 Å². The van der Waals surface area contributed by atoms with E-state index in [0.717, 1.165) is 18.8 Å². The van der Waals surface area contributed by atoms with Crippen molar-refractivity contribution in [2.24, 2.45) is 5.92 Å². The van der Waals surface area contributed by atoms with Gasteiger partial charge in [0.15, 0.2) is 0 Å². The molecule has 3 nitrogen and oxygen atoms in total. The lowest BCUT2D eigenvalue weighted by atomic mass is 9.84. The van der Waals surface area contributed by atoms with Crippen LogP contribution in [-0.4, -0.2) is 28.9 Å². The standard InChI is InChI=1S/C15H21FN2O/c1-3-11-4-6-13(7-5-11)18(2)15(19)12-8-9-17-14(16)10-12/h8-11,13H,3-7H2,1-2H3. The third-order valence-electron chi connectivity index (χ3n) is 4.24. The Kier molecular flexibility index (Phi) is 4.51. The van der Waals surface area contributed by atoms with Crippen molar-refractivity contribution in [3.05, 3.63) is 29.8 Å². The number of rotatable bonds is 3. The van der Waals surface area contributed by atoms with Crippen LogP contribution in [0.4, 0.5) is 4.39 Å². The molecule has 0 bridgehead atoms. The average Bonchev–Trinajstić information content (AvgIpc) is 2.46. The van der Waals surface area contributed by atoms with Crippen molar-refractivity contribution < 1.29 is 9.18 Å². The lowest BCUT2D eigenvalue weighted by Gasteiger charge is -2.34. The Labute approximate surface area is 113 Å². The van der Waals surface area contributed by atoms with Gasteiger partial charge in [-0.25, -0.2) is 4.98 Å². The Hall–Kier alpha value is -1.45. The number of hydrogen-bond donors (Lipinski definition) is 0. The molecule has 0 atom stereocenters. The van der Waals surface area contributed by atoms with E-state index in [1.54, 1.807) is 11.0 Å². The summed E-state index contributed by atoms with van der Waals surface area (Å²) in [7, 11) is 1.82. The summed E-state index contributed by atoms with van der Waals surface area (Å²) in [4.78, 5) is 17.5. The van der Waals surface area contributed by atoms with Crippen LogP contribution in [0.2, 0.25) is 0 Å². The number of nitrogens with zero attached hydrogens (tertiary/aromatic N) is 2. The Balaban J connectivity index is 2.00. The second-order valence-electron chi connectivity index (χ2n) is 5.37. The van der Waals surface area contributed by atoms with Crippen LogP contribution in [-0.2, 0) is 0 Å². The molecule has 0 saturated heterocycles. The fraction of sp³-hybridized carbons (Fsp3) is 0.600. The normalized spacial score (nSPS) is 23.1. The quantitative estimate of drug-likeness (QED) is 0.785. The maximum Gasteiger partial charge on any atom is 0.254 e. The zero-order valence-corrected chi connectivity index (χ0v) is 11.6. The molecule has 2 rings (SSSR count). The molecule has 0 aliphatic heterocycles. The molecular formula is C15H21FN2O. The van der Waals surface area contributed by atoms with Crippen LogP contribution in [0.15, 0.2) is 18.3 Å². The van der Waals surface area contributed by atoms with Gasteiger partial charge in [-0.2, -0.15) is 4.39 Å². The molecule has 4 heteroatoms. The fourth-order valence-electron chi connectivity index (χ4n) is 2.85. The molecule has 1 amide bonds. The Bertz CT molecular complexity index is 442. The minimum Gasteiger partial charge on any atom is -0.339 e. The average molecular weight is 264 g/mol. The predicted molar refractivity (Wildman–Crippen MR) is 72.3 cm³/mol. The summed E-state index contributed by atoms with van der Waals surface area (Å²) in [6.07, 6.45) is 7.03. The number of amides is 1. The van der Waals surface area contributed by atoms with E-state index in [1.165, 1.54) is 31.5 Å². The first-order chi connectivity index (χ1) is 9.11. The highest BCUT2D eigenvalue weighted by Gasteiger charge is 2.26. The molecule has 1 aromatic rings. The number of carbonyl (C=O) groups is 1. The summed E-state index contributed by atoms with van der Waals surface area (Å²) in [5.74, 6) is 0.0910. The number of pyridine rings is 1. The molecule has 1 aliphatic rings. The molecule has 0 N–H and O–H groups in total. The van der Waals surface area contributed by atoms with Gasteiger partial charge in [-0.05, 0) is 37.7 Å². The zero-order chi connectivity index (χ0) is 13.8. The van der Waals surface area contributed by atoms with Crippen LogP contribution in [0.3, 0.4) is 0 Å². The highest BCUT2D eigenvalue weighted by Crippen LogP contribution is 2.29. The summed E-state index contributed by atoms with van der Waals surface area (Å²) < 4.78 is 13.0. The molecule has 19 heavy (non-hydrogen) atoms. The van der Waals surface area contributed by atoms with Crippen molar-refractivity contribution in [2.45, 2.75) is 45.1 Å². The minimum atomic E-state index is -0.603. The maximum atomic E-state index is 13.0. The number of carbonyl (C=O) groups excluding carboxylic acids is 1. The van der Waals surface area contributed by atoms with Crippen LogP contribution in [0.25, 0.3) is 0 Å². The van der Waals surface area contributed by atoms with Crippen molar-refractivity contribution >= 4 is 5.91 Å². The SMILES string of the molecule is CCC1CCC(N(C)C(=O)c2ccnc(F)c2)CC1. The van der Waals surface area contributed by atoms with Crippen LogP contribution >= 0.6 is 0 Å². The third kappa shape index (κ3) is 3.31. The largest absolute Gasteiger partial charge is 0.339 e. The Morgan fingerprint density at radius 1 is 1.42 bits per heavy atom. The second kappa shape index (κ2) is 6.13. The first-order valence-corrected chi connectivity index (χ1v) is 7.00. The second-order valence-corrected chi connectivity index (χ2v) is 5.37. The molecule has 0 radical (unpaired) electrons. The summed E-state index contributed by atoms with van der Waals surface area (Å²) in [5, 5.41) is 0. The van der Waals surface area contributed by atoms with Crippen molar-refractivity contribution in [3.63, 3.8) is 0 Å². The van der Waals surface area contributed by atoms with Crippen molar-refractivity contribution in [2.75, 3.05) is 7.05 Å². The predicted octanol–water partition coefficient (Wildman–Crippen LogP) is 3.26. The molecular weight excluding hydrogens is 243 g/mol. The van der Waals surface area contributed by atoms with Gasteiger partial charge in [0.1, 0.15) is 0 Å². The van der Waals surface area contributed by atoms with E-state index in [4.69, 9.17) is 0 Å². The van der Waals surface area contributed by atoms with E-state index in [-0.39, 0.29) is 11.9 Å². The summed E-state index contributed by atoms with van der Waals surface area (Å²) >= 11 is 0. The topological polar surface area (TPSA) is 33.2 Å². The van der Waals surface area contributed by atoms with E-state index in [0.29, 0.717) is 5.56 Å². The summed E-state index contributed by atoms with van der Waals surface area (Å²) in [6, 6.07) is 3.06. The Morgan fingerprint density at radius 2 is 2.11 bits per heavy atom. The molecule has 1 saturated carbocycles. The van der Waals surface area contributed by atoms with E-state index in [2.05, 4.69) is 11.9 Å². The van der Waals surface area contributed by atoms with Crippen LogP contribution < -0.4 is 0 Å². The fourth-order valence-corrected chi connectivity index (χ4v) is 2.85. The lowest BCUT2D eigenvalue weighted by molar-refractivity contribution is 0.0674. The highest BCUT2D eigenvalue weighted by atomic mass is 19.1. The van der Waals surface area contributed by atoms with Gasteiger partial charge in [-0.1, -0.05) is 13.3 Å². The molecule has 1 aliphatic carbocycles. The van der Waals surface area contributed by atoms with Gasteiger partial charge >= 0.3 is 0 Å². The monoisotopic (exact) mass is 264 g/mol. The van der Waals surface area contributed by atoms with Gasteiger partial charge in [0.25, 0.3) is 5.91 Å². The van der Waals surface area contributed by atoms with Crippen LogP contribution in [0.1, 0.15) is 49.4 Å². The highest BCUT2D eigenvalue weighted by molar-refractivity contribution is 5.94. The van der Waals surface area contributed by atoms with Gasteiger partial charge < -0.3 is 4.90 Å². The van der Waals surface area contributed by atoms with Crippen molar-refractivity contribution in [3.8, 4) is 0 Å². The van der Waals surface area contributed by atoms with Crippen LogP contribution in [0, 0.1) is 11.9 Å². The Morgan fingerprint density at radius 3 is 2.68 bits per heavy atom. The maximum absolute atomic E-state index is 13.0. The number of aromatic nitrogens is 1. The first kappa shape index (κ1) is 14.0. The lowest BCUT2D eigenvalue weighted by Crippen LogP contribution is -2.39. The molecule has 1 aromatic heterocycles. The van der Waals surface area contributed by atoms with E-state index >= 15 is 0 Å². The van der Waals surface area contributed by atoms with E-state index in [9.17, 15) is 9.18 Å². The summed E-state index contributed by atoms with van der Waals surface area (Å²) in [5.41, 5.74) is 0.382. The molecule has 1 fully saturated rings. The minimum absolute atomic E-state index is 0.110. The zero-order valence-electron chi connectivity index (χ0n) is 11.6. The van der Waals surface area contributed by atoms with E-state index < -0.39 is 5.95 Å². The van der Waals surface area contributed by atoms with Crippen molar-refractivity contribution in [1.29, 1.82) is 0 Å². The summed E-state index contributed by atoms with van der Waals surface area (Å²) in [6.45, 7) is 2.22. The molecule has 104 valence electrons. The molecule has 0 unspecified atom stereocenters. The van der Waals surface area contributed by atoms with Gasteiger partial charge in [0.2, 0.25) is 5.95 Å². The van der Waals surface area contributed by atoms with Crippen LogP contribution in [0.5, 0.6) is 0 Å². The number of hydrogen-bond acceptors (Lipinski definition) is 2. The molecule has 0 spiro atoms. The molecule has 1 heterocycles. The van der Waals surface area contributed by atoms with Gasteiger partial charge in [-0.3, -0.25) is 4.79 Å². The smallest absolute Gasteiger partial charge is 0.254 e. The molecule has 0 aromatic carbocycles. The van der Waals surface area contributed by atoms with Gasteiger partial charge in [0, 0.05) is 30.9 Å². The third-order valence-corrected chi connectivity index (χ3v) is 4.24. The first-order valence-electron chi connectivity index (χ1n) is 7.00. The van der Waals surface area contributed by atoms with Crippen molar-refractivity contribution in [1.82, 2.24) is 9.88 Å². The van der Waals surface area contributed by atoms with E-state index in [1.807, 2.05) is 7.05 Å².